The second-order valence-corrected chi connectivity index (χ2v) is 9.86. The lowest BCUT2D eigenvalue weighted by molar-refractivity contribution is 0.0921. The minimum atomic E-state index is -3.32. The van der Waals surface area contributed by atoms with Crippen molar-refractivity contribution in [2.75, 3.05) is 19.3 Å². The second kappa shape index (κ2) is 7.99. The number of nitrogens with zero attached hydrogens (tertiary/aromatic N) is 2. The highest BCUT2D eigenvalue weighted by Gasteiger charge is 2.28. The van der Waals surface area contributed by atoms with Crippen LogP contribution >= 0.6 is 11.6 Å². The summed E-state index contributed by atoms with van der Waals surface area (Å²) in [4.78, 5) is 14.8. The number of carbonyl (C=O) groups is 1. The number of Topliss-reactive ketones (excluding diaryl/α,β-unsaturated/α-hetero) is 1. The fourth-order valence-corrected chi connectivity index (χ4v) is 4.32. The molecule has 0 saturated carbocycles. The molecule has 0 atom stereocenters. The predicted molar refractivity (Wildman–Crippen MR) is 113 cm³/mol. The topological polar surface area (TPSA) is 121 Å². The van der Waals surface area contributed by atoms with Gasteiger partial charge in [0.05, 0.1) is 27.7 Å². The normalized spacial score (nSPS) is 14.4. The first-order valence-corrected chi connectivity index (χ1v) is 11.7. The van der Waals surface area contributed by atoms with Crippen molar-refractivity contribution in [2.24, 2.45) is 0 Å². The SMILES string of the molecule is CS(=O)(=O)c1ccc(C(=O)CN2CCc3noc(-c4cc(Cl)c(O)cc4O)c3C2)cc1. The van der Waals surface area contributed by atoms with Crippen LogP contribution in [0, 0.1) is 0 Å². The Labute approximate surface area is 183 Å². The quantitative estimate of drug-likeness (QED) is 0.555. The summed E-state index contributed by atoms with van der Waals surface area (Å²) >= 11 is 5.97. The van der Waals surface area contributed by atoms with Crippen LogP contribution in [-0.4, -0.2) is 53.8 Å². The lowest BCUT2D eigenvalue weighted by atomic mass is 10.00. The molecule has 0 unspecified atom stereocenters. The molecule has 0 aliphatic carbocycles. The van der Waals surface area contributed by atoms with E-state index in [1.807, 2.05) is 4.90 Å². The summed E-state index contributed by atoms with van der Waals surface area (Å²) in [6.07, 6.45) is 1.68. The van der Waals surface area contributed by atoms with Crippen LogP contribution < -0.4 is 0 Å². The molecule has 8 nitrogen and oxygen atoms in total. The molecule has 1 aliphatic rings. The highest BCUT2D eigenvalue weighted by atomic mass is 35.5. The Morgan fingerprint density at radius 3 is 2.58 bits per heavy atom. The molecule has 0 fully saturated rings. The number of phenols is 2. The molecule has 10 heteroatoms. The van der Waals surface area contributed by atoms with E-state index in [4.69, 9.17) is 16.1 Å². The summed E-state index contributed by atoms with van der Waals surface area (Å²) in [6.45, 7) is 1.10. The predicted octanol–water partition coefficient (Wildman–Crippen LogP) is 3.05. The highest BCUT2D eigenvalue weighted by molar-refractivity contribution is 7.90. The molecule has 1 aromatic heterocycles. The zero-order valence-corrected chi connectivity index (χ0v) is 18.1. The van der Waals surface area contributed by atoms with Crippen LogP contribution in [0.5, 0.6) is 11.5 Å². The van der Waals surface area contributed by atoms with E-state index in [-0.39, 0.29) is 33.7 Å². The molecule has 31 heavy (non-hydrogen) atoms. The molecule has 162 valence electrons. The summed E-state index contributed by atoms with van der Waals surface area (Å²) in [6, 6.07) is 8.40. The van der Waals surface area contributed by atoms with Crippen molar-refractivity contribution < 1.29 is 27.9 Å². The first-order chi connectivity index (χ1) is 14.6. The monoisotopic (exact) mass is 462 g/mol. The van der Waals surface area contributed by atoms with Gasteiger partial charge in [0.2, 0.25) is 0 Å². The minimum absolute atomic E-state index is 0.0679. The third-order valence-corrected chi connectivity index (χ3v) is 6.63. The van der Waals surface area contributed by atoms with Crippen LogP contribution in [0.4, 0.5) is 0 Å². The van der Waals surface area contributed by atoms with E-state index in [2.05, 4.69) is 5.16 Å². The van der Waals surface area contributed by atoms with Gasteiger partial charge in [0.15, 0.2) is 21.4 Å². The number of hydrogen-bond acceptors (Lipinski definition) is 8. The van der Waals surface area contributed by atoms with Crippen molar-refractivity contribution >= 4 is 27.2 Å². The van der Waals surface area contributed by atoms with E-state index < -0.39 is 9.84 Å². The molecular weight excluding hydrogens is 444 g/mol. The van der Waals surface area contributed by atoms with Gasteiger partial charge < -0.3 is 14.7 Å². The van der Waals surface area contributed by atoms with Gasteiger partial charge in [0.25, 0.3) is 0 Å². The third kappa shape index (κ3) is 4.30. The summed E-state index contributed by atoms with van der Waals surface area (Å²) in [5, 5.41) is 24.0. The Hall–Kier alpha value is -2.88. The van der Waals surface area contributed by atoms with E-state index in [1.54, 1.807) is 0 Å². The average molecular weight is 463 g/mol. The second-order valence-electron chi connectivity index (χ2n) is 7.44. The summed E-state index contributed by atoms with van der Waals surface area (Å²) < 4.78 is 28.6. The molecule has 2 N–H and O–H groups in total. The molecule has 2 aromatic carbocycles. The van der Waals surface area contributed by atoms with Gasteiger partial charge in [-0.25, -0.2) is 8.42 Å². The van der Waals surface area contributed by atoms with Gasteiger partial charge in [-0.05, 0) is 18.2 Å². The minimum Gasteiger partial charge on any atom is -0.507 e. The lowest BCUT2D eigenvalue weighted by Crippen LogP contribution is -2.34. The highest BCUT2D eigenvalue weighted by Crippen LogP contribution is 2.40. The molecular formula is C21H19ClN2O6S. The van der Waals surface area contributed by atoms with Gasteiger partial charge in [0.1, 0.15) is 11.5 Å². The molecule has 0 radical (unpaired) electrons. The molecule has 3 aromatic rings. The number of fused-ring (bicyclic) bond motifs is 1. The Kier molecular flexibility index (Phi) is 5.50. The fraction of sp³-hybridized carbons (Fsp3) is 0.238. The van der Waals surface area contributed by atoms with Gasteiger partial charge in [0, 0.05) is 43.0 Å². The molecule has 4 rings (SSSR count). The fourth-order valence-electron chi connectivity index (χ4n) is 3.53. The van der Waals surface area contributed by atoms with Crippen LogP contribution in [0.2, 0.25) is 5.02 Å². The van der Waals surface area contributed by atoms with Gasteiger partial charge >= 0.3 is 0 Å². The van der Waals surface area contributed by atoms with Crippen LogP contribution in [0.1, 0.15) is 21.6 Å². The van der Waals surface area contributed by atoms with Crippen LogP contribution in [0.25, 0.3) is 11.3 Å². The van der Waals surface area contributed by atoms with Gasteiger partial charge in [-0.3, -0.25) is 9.69 Å². The number of ketones is 1. The number of carbonyl (C=O) groups excluding carboxylic acids is 1. The Balaban J connectivity index is 1.54. The summed E-state index contributed by atoms with van der Waals surface area (Å²) in [5.74, 6) is -0.244. The Morgan fingerprint density at radius 2 is 1.90 bits per heavy atom. The largest absolute Gasteiger partial charge is 0.507 e. The number of sulfone groups is 1. The van der Waals surface area contributed by atoms with E-state index in [1.165, 1.54) is 30.3 Å². The number of hydrogen-bond donors (Lipinski definition) is 2. The average Bonchev–Trinajstić information content (AvgIpc) is 3.13. The number of rotatable bonds is 5. The molecule has 0 amide bonds. The number of phenolic OH excluding ortho intramolecular Hbond substituents is 2. The zero-order chi connectivity index (χ0) is 22.3. The van der Waals surface area contributed by atoms with Gasteiger partial charge in [-0.2, -0.15) is 0 Å². The van der Waals surface area contributed by atoms with Crippen molar-refractivity contribution in [1.82, 2.24) is 10.1 Å². The van der Waals surface area contributed by atoms with E-state index in [0.717, 1.165) is 23.6 Å². The van der Waals surface area contributed by atoms with Crippen LogP contribution in [0.15, 0.2) is 45.8 Å². The van der Waals surface area contributed by atoms with Crippen LogP contribution in [0.3, 0.4) is 0 Å². The molecule has 2 heterocycles. The number of aromatic nitrogens is 1. The van der Waals surface area contributed by atoms with Crippen molar-refractivity contribution in [1.29, 1.82) is 0 Å². The molecule has 1 aliphatic heterocycles. The molecule has 0 saturated heterocycles. The van der Waals surface area contributed by atoms with Gasteiger partial charge in [-0.15, -0.1) is 0 Å². The zero-order valence-electron chi connectivity index (χ0n) is 16.5. The van der Waals surface area contributed by atoms with E-state index >= 15 is 0 Å². The van der Waals surface area contributed by atoms with Crippen molar-refractivity contribution in [3.05, 3.63) is 58.2 Å². The maximum atomic E-state index is 12.7. The number of halogens is 1. The Morgan fingerprint density at radius 1 is 1.19 bits per heavy atom. The number of aromatic hydroxyl groups is 2. The van der Waals surface area contributed by atoms with E-state index in [0.29, 0.717) is 36.4 Å². The lowest BCUT2D eigenvalue weighted by Gasteiger charge is -2.25. The third-order valence-electron chi connectivity index (χ3n) is 5.20. The first-order valence-electron chi connectivity index (χ1n) is 9.38. The van der Waals surface area contributed by atoms with Crippen LogP contribution in [-0.2, 0) is 22.8 Å². The smallest absolute Gasteiger partial charge is 0.176 e. The van der Waals surface area contributed by atoms with Crippen molar-refractivity contribution in [3.8, 4) is 22.8 Å². The molecule has 0 spiro atoms. The first kappa shape index (κ1) is 21.4. The maximum Gasteiger partial charge on any atom is 0.176 e. The van der Waals surface area contributed by atoms with Gasteiger partial charge in [-0.1, -0.05) is 28.9 Å². The number of benzene rings is 2. The molecule has 0 bridgehead atoms. The van der Waals surface area contributed by atoms with E-state index in [9.17, 15) is 23.4 Å². The maximum absolute atomic E-state index is 12.7. The Bertz CT molecular complexity index is 1270. The summed E-state index contributed by atoms with van der Waals surface area (Å²) in [7, 11) is -3.32. The van der Waals surface area contributed by atoms with Crippen molar-refractivity contribution in [2.45, 2.75) is 17.9 Å². The van der Waals surface area contributed by atoms with Crippen molar-refractivity contribution in [3.63, 3.8) is 0 Å². The summed E-state index contributed by atoms with van der Waals surface area (Å²) in [5.41, 5.74) is 2.20. The standard InChI is InChI=1S/C21H19ClN2O6S/c1-31(28,29)13-4-2-12(3-5-13)20(27)11-24-7-6-17-15(10-24)21(30-23-17)14-8-16(22)19(26)9-18(14)25/h2-5,8-9,25-26H,6-7,10-11H2,1H3.